The molecule has 0 heterocycles. The lowest BCUT2D eigenvalue weighted by molar-refractivity contribution is 0.367. The molecule has 0 bridgehead atoms. The molecule has 0 saturated heterocycles. The lowest BCUT2D eigenvalue weighted by Gasteiger charge is -2.24. The maximum absolute atomic E-state index is 5.61. The first kappa shape index (κ1) is 15.6. The molecule has 0 aromatic carbocycles. The van der Waals surface area contributed by atoms with Crippen molar-refractivity contribution in [3.63, 3.8) is 0 Å². The van der Waals surface area contributed by atoms with E-state index in [1.807, 2.05) is 6.08 Å². The fourth-order valence-electron chi connectivity index (χ4n) is 3.00. The molecule has 2 heteroatoms. The number of nitrogens with zero attached hydrogens (tertiary/aromatic N) is 1. The summed E-state index contributed by atoms with van der Waals surface area (Å²) in [7, 11) is 0. The summed E-state index contributed by atoms with van der Waals surface area (Å²) in [5, 5.41) is 0. The van der Waals surface area contributed by atoms with Gasteiger partial charge >= 0.3 is 0 Å². The van der Waals surface area contributed by atoms with Crippen LogP contribution >= 0.6 is 0 Å². The van der Waals surface area contributed by atoms with Crippen molar-refractivity contribution in [3.05, 3.63) is 60.4 Å². The van der Waals surface area contributed by atoms with Crippen molar-refractivity contribution >= 4 is 5.71 Å². The van der Waals surface area contributed by atoms with Crippen LogP contribution in [-0.2, 0) is 0 Å². The SMILES string of the molecule is CC1C=CC=CCC1C(C)N=C(/C=C\N)C1=CC=CCC1. The number of allylic oxidation sites excluding steroid dienone is 9. The second-order valence-electron chi connectivity index (χ2n) is 5.84. The Morgan fingerprint density at radius 2 is 2.19 bits per heavy atom. The van der Waals surface area contributed by atoms with E-state index in [0.717, 1.165) is 25.0 Å². The van der Waals surface area contributed by atoms with Crippen LogP contribution in [-0.4, -0.2) is 11.8 Å². The molecule has 2 N–H and O–H groups in total. The predicted molar refractivity (Wildman–Crippen MR) is 92.2 cm³/mol. The molecular weight excluding hydrogens is 256 g/mol. The molecule has 0 aromatic heterocycles. The first-order valence-corrected chi connectivity index (χ1v) is 7.88. The average Bonchev–Trinajstić information content (AvgIpc) is 2.72. The van der Waals surface area contributed by atoms with E-state index >= 15 is 0 Å². The molecule has 2 nitrogen and oxygen atoms in total. The van der Waals surface area contributed by atoms with Gasteiger partial charge in [0, 0.05) is 0 Å². The second kappa shape index (κ2) is 7.82. The fourth-order valence-corrected chi connectivity index (χ4v) is 3.00. The van der Waals surface area contributed by atoms with Crippen molar-refractivity contribution in [1.82, 2.24) is 0 Å². The molecule has 0 amide bonds. The lowest BCUT2D eigenvalue weighted by atomic mass is 9.86. The van der Waals surface area contributed by atoms with Gasteiger partial charge in [0.15, 0.2) is 0 Å². The van der Waals surface area contributed by atoms with Crippen LogP contribution in [0.5, 0.6) is 0 Å². The molecular formula is C19H26N2. The molecule has 2 aliphatic rings. The third-order valence-corrected chi connectivity index (χ3v) is 4.30. The molecule has 3 unspecified atom stereocenters. The molecule has 0 aliphatic heterocycles. The second-order valence-corrected chi connectivity index (χ2v) is 5.84. The summed E-state index contributed by atoms with van der Waals surface area (Å²) < 4.78 is 0. The van der Waals surface area contributed by atoms with Gasteiger partial charge < -0.3 is 5.73 Å². The highest BCUT2D eigenvalue weighted by molar-refractivity contribution is 6.08. The van der Waals surface area contributed by atoms with Gasteiger partial charge in [-0.15, -0.1) is 0 Å². The minimum Gasteiger partial charge on any atom is -0.405 e. The van der Waals surface area contributed by atoms with E-state index in [1.54, 1.807) is 6.20 Å². The standard InChI is InChI=1S/C19H26N2/c1-15-9-5-3-8-12-18(15)16(2)21-19(13-14-20)17-10-6-4-7-11-17/h3-6,8-10,13-16,18H,7,11-12,20H2,1-2H3/b14-13-,21-19?. The van der Waals surface area contributed by atoms with Crippen molar-refractivity contribution < 1.29 is 0 Å². The Morgan fingerprint density at radius 3 is 2.90 bits per heavy atom. The zero-order valence-corrected chi connectivity index (χ0v) is 13.1. The zero-order valence-electron chi connectivity index (χ0n) is 13.1. The summed E-state index contributed by atoms with van der Waals surface area (Å²) in [6.07, 6.45) is 22.0. The Labute approximate surface area is 128 Å². The number of rotatable bonds is 4. The van der Waals surface area contributed by atoms with Crippen LogP contribution in [0.4, 0.5) is 0 Å². The van der Waals surface area contributed by atoms with Gasteiger partial charge in [-0.05, 0) is 55.9 Å². The molecule has 0 spiro atoms. The predicted octanol–water partition coefficient (Wildman–Crippen LogP) is 4.33. The van der Waals surface area contributed by atoms with E-state index in [-0.39, 0.29) is 6.04 Å². The highest BCUT2D eigenvalue weighted by Crippen LogP contribution is 2.27. The van der Waals surface area contributed by atoms with Gasteiger partial charge in [0.2, 0.25) is 0 Å². The van der Waals surface area contributed by atoms with Crippen LogP contribution < -0.4 is 5.73 Å². The van der Waals surface area contributed by atoms with Gasteiger partial charge in [-0.3, -0.25) is 4.99 Å². The first-order valence-electron chi connectivity index (χ1n) is 7.88. The van der Waals surface area contributed by atoms with Gasteiger partial charge in [0.1, 0.15) is 0 Å². The molecule has 0 saturated carbocycles. The van der Waals surface area contributed by atoms with Crippen LogP contribution in [0.1, 0.15) is 33.1 Å². The Morgan fingerprint density at radius 1 is 1.33 bits per heavy atom. The number of hydrogen-bond acceptors (Lipinski definition) is 2. The largest absolute Gasteiger partial charge is 0.405 e. The highest BCUT2D eigenvalue weighted by Gasteiger charge is 2.22. The Hall–Kier alpha value is -1.83. The van der Waals surface area contributed by atoms with Gasteiger partial charge in [-0.2, -0.15) is 0 Å². The van der Waals surface area contributed by atoms with E-state index in [0.29, 0.717) is 11.8 Å². The number of nitrogens with two attached hydrogens (primary N) is 1. The minimum atomic E-state index is 0.283. The van der Waals surface area contributed by atoms with Crippen molar-refractivity contribution in [2.75, 3.05) is 0 Å². The molecule has 0 fully saturated rings. The van der Waals surface area contributed by atoms with Crippen molar-refractivity contribution in [1.29, 1.82) is 0 Å². The van der Waals surface area contributed by atoms with Gasteiger partial charge in [0.05, 0.1) is 11.8 Å². The zero-order chi connectivity index (χ0) is 15.1. The van der Waals surface area contributed by atoms with Gasteiger partial charge in [-0.1, -0.05) is 49.5 Å². The number of aliphatic imine (C=N–C) groups is 1. The third kappa shape index (κ3) is 4.32. The minimum absolute atomic E-state index is 0.283. The van der Waals surface area contributed by atoms with Crippen LogP contribution in [0.15, 0.2) is 65.4 Å². The summed E-state index contributed by atoms with van der Waals surface area (Å²) >= 11 is 0. The smallest absolute Gasteiger partial charge is 0.0624 e. The topological polar surface area (TPSA) is 38.4 Å². The van der Waals surface area contributed by atoms with Crippen LogP contribution in [0.25, 0.3) is 0 Å². The molecule has 3 atom stereocenters. The Balaban J connectivity index is 2.20. The van der Waals surface area contributed by atoms with Crippen molar-refractivity contribution in [2.45, 2.75) is 39.2 Å². The van der Waals surface area contributed by atoms with Crippen molar-refractivity contribution in [3.8, 4) is 0 Å². The maximum atomic E-state index is 5.61. The van der Waals surface area contributed by atoms with Crippen LogP contribution in [0.2, 0.25) is 0 Å². The molecule has 2 aliphatic carbocycles. The van der Waals surface area contributed by atoms with E-state index in [1.165, 1.54) is 5.57 Å². The van der Waals surface area contributed by atoms with E-state index in [4.69, 9.17) is 10.7 Å². The van der Waals surface area contributed by atoms with Crippen LogP contribution in [0.3, 0.4) is 0 Å². The highest BCUT2D eigenvalue weighted by atomic mass is 14.8. The summed E-state index contributed by atoms with van der Waals surface area (Å²) in [5.41, 5.74) is 7.94. The summed E-state index contributed by atoms with van der Waals surface area (Å²) in [5.74, 6) is 1.09. The number of hydrogen-bond donors (Lipinski definition) is 1. The Kier molecular flexibility index (Phi) is 5.79. The normalized spacial score (nSPS) is 27.7. The monoisotopic (exact) mass is 282 g/mol. The fraction of sp³-hybridized carbons (Fsp3) is 0.421. The molecule has 0 aromatic rings. The maximum Gasteiger partial charge on any atom is 0.0624 e. The molecule has 2 rings (SSSR count). The summed E-state index contributed by atoms with van der Waals surface area (Å²) in [4.78, 5) is 4.99. The van der Waals surface area contributed by atoms with E-state index < -0.39 is 0 Å². The summed E-state index contributed by atoms with van der Waals surface area (Å²) in [6.45, 7) is 4.50. The van der Waals surface area contributed by atoms with Gasteiger partial charge in [0.25, 0.3) is 0 Å². The van der Waals surface area contributed by atoms with Crippen molar-refractivity contribution in [2.24, 2.45) is 22.6 Å². The molecule has 21 heavy (non-hydrogen) atoms. The first-order chi connectivity index (χ1) is 10.2. The molecule has 112 valence electrons. The quantitative estimate of drug-likeness (QED) is 0.766. The molecule has 0 radical (unpaired) electrons. The van der Waals surface area contributed by atoms with E-state index in [2.05, 4.69) is 56.4 Å². The average molecular weight is 282 g/mol. The summed E-state index contributed by atoms with van der Waals surface area (Å²) in [6, 6.07) is 0.283. The lowest BCUT2D eigenvalue weighted by Crippen LogP contribution is -2.22. The van der Waals surface area contributed by atoms with Gasteiger partial charge in [-0.25, -0.2) is 0 Å². The Bertz CT molecular complexity index is 518. The van der Waals surface area contributed by atoms with Crippen LogP contribution in [0, 0.1) is 11.8 Å². The third-order valence-electron chi connectivity index (χ3n) is 4.30. The van der Waals surface area contributed by atoms with E-state index in [9.17, 15) is 0 Å².